The van der Waals surface area contributed by atoms with Crippen LogP contribution in [-0.4, -0.2) is 25.5 Å². The second-order valence-corrected chi connectivity index (χ2v) is 6.09. The second kappa shape index (κ2) is 6.27. The Morgan fingerprint density at radius 2 is 1.80 bits per heavy atom. The molecule has 0 unspecified atom stereocenters. The summed E-state index contributed by atoms with van der Waals surface area (Å²) in [4.78, 5) is 14.1. The highest BCUT2D eigenvalue weighted by molar-refractivity contribution is 5.91. The van der Waals surface area contributed by atoms with Crippen molar-refractivity contribution >= 4 is 17.3 Å². The maximum atomic E-state index is 12.1. The van der Waals surface area contributed by atoms with Crippen molar-refractivity contribution in [1.82, 2.24) is 0 Å². The molecule has 1 saturated carbocycles. The molecular weight excluding hydrogens is 250 g/mol. The SMILES string of the molecule is CN(C)c1ccc(NC(=O)CC2(N)CCCCC2)cc1. The Morgan fingerprint density at radius 3 is 2.35 bits per heavy atom. The third kappa shape index (κ3) is 3.97. The molecule has 0 atom stereocenters. The van der Waals surface area contributed by atoms with Crippen molar-refractivity contribution in [3.8, 4) is 0 Å². The van der Waals surface area contributed by atoms with Crippen LogP contribution < -0.4 is 16.0 Å². The van der Waals surface area contributed by atoms with Gasteiger partial charge in [0.2, 0.25) is 5.91 Å². The predicted molar refractivity (Wildman–Crippen MR) is 84.0 cm³/mol. The van der Waals surface area contributed by atoms with Gasteiger partial charge in [-0.1, -0.05) is 19.3 Å². The lowest BCUT2D eigenvalue weighted by Crippen LogP contribution is -2.44. The molecule has 0 heterocycles. The first-order valence-corrected chi connectivity index (χ1v) is 7.35. The van der Waals surface area contributed by atoms with Gasteiger partial charge in [-0.05, 0) is 37.1 Å². The summed E-state index contributed by atoms with van der Waals surface area (Å²) in [6.45, 7) is 0. The molecule has 1 aromatic carbocycles. The number of nitrogens with two attached hydrogens (primary N) is 1. The molecule has 1 amide bonds. The number of nitrogens with zero attached hydrogens (tertiary/aromatic N) is 1. The molecule has 0 aromatic heterocycles. The molecule has 0 spiro atoms. The topological polar surface area (TPSA) is 58.4 Å². The number of nitrogens with one attached hydrogen (secondary N) is 1. The number of amides is 1. The Hall–Kier alpha value is -1.55. The van der Waals surface area contributed by atoms with Crippen LogP contribution in [0.1, 0.15) is 38.5 Å². The van der Waals surface area contributed by atoms with E-state index in [0.717, 1.165) is 37.1 Å². The Balaban J connectivity index is 1.90. The average Bonchev–Trinajstić information content (AvgIpc) is 2.39. The molecule has 110 valence electrons. The summed E-state index contributed by atoms with van der Waals surface area (Å²) in [5.41, 5.74) is 7.96. The van der Waals surface area contributed by atoms with E-state index in [0.29, 0.717) is 6.42 Å². The molecule has 0 aliphatic heterocycles. The standard InChI is InChI=1S/C16H25N3O/c1-19(2)14-8-6-13(7-9-14)18-15(20)12-16(17)10-4-3-5-11-16/h6-9H,3-5,10-12,17H2,1-2H3,(H,18,20). The largest absolute Gasteiger partial charge is 0.378 e. The quantitative estimate of drug-likeness (QED) is 0.888. The summed E-state index contributed by atoms with van der Waals surface area (Å²) in [5, 5.41) is 2.94. The molecule has 4 nitrogen and oxygen atoms in total. The Morgan fingerprint density at radius 1 is 1.20 bits per heavy atom. The molecule has 20 heavy (non-hydrogen) atoms. The zero-order chi connectivity index (χ0) is 14.6. The van der Waals surface area contributed by atoms with Gasteiger partial charge in [-0.2, -0.15) is 0 Å². The van der Waals surface area contributed by atoms with Gasteiger partial charge < -0.3 is 16.0 Å². The van der Waals surface area contributed by atoms with Crippen LogP contribution in [0.15, 0.2) is 24.3 Å². The molecule has 4 heteroatoms. The fourth-order valence-corrected chi connectivity index (χ4v) is 2.80. The first-order valence-electron chi connectivity index (χ1n) is 7.35. The summed E-state index contributed by atoms with van der Waals surface area (Å²) < 4.78 is 0. The van der Waals surface area contributed by atoms with Gasteiger partial charge in [0.25, 0.3) is 0 Å². The lowest BCUT2D eigenvalue weighted by molar-refractivity contribution is -0.117. The first-order chi connectivity index (χ1) is 9.48. The summed E-state index contributed by atoms with van der Waals surface area (Å²) in [7, 11) is 3.99. The van der Waals surface area contributed by atoms with E-state index in [-0.39, 0.29) is 11.4 Å². The van der Waals surface area contributed by atoms with Gasteiger partial charge >= 0.3 is 0 Å². The Labute approximate surface area is 121 Å². The zero-order valence-electron chi connectivity index (χ0n) is 12.5. The molecule has 3 N–H and O–H groups in total. The van der Waals surface area contributed by atoms with Crippen LogP contribution in [0.4, 0.5) is 11.4 Å². The molecule has 0 radical (unpaired) electrons. The monoisotopic (exact) mass is 275 g/mol. The van der Waals surface area contributed by atoms with Crippen LogP contribution in [0, 0.1) is 0 Å². The molecular formula is C16H25N3O. The number of hydrogen-bond acceptors (Lipinski definition) is 3. The van der Waals surface area contributed by atoms with E-state index in [1.807, 2.05) is 43.3 Å². The van der Waals surface area contributed by atoms with Gasteiger partial charge in [-0.25, -0.2) is 0 Å². The molecule has 1 aliphatic carbocycles. The van der Waals surface area contributed by atoms with E-state index >= 15 is 0 Å². The smallest absolute Gasteiger partial charge is 0.226 e. The first kappa shape index (κ1) is 14.9. The van der Waals surface area contributed by atoms with Crippen LogP contribution in [0.2, 0.25) is 0 Å². The van der Waals surface area contributed by atoms with Crippen molar-refractivity contribution in [2.24, 2.45) is 5.73 Å². The number of benzene rings is 1. The second-order valence-electron chi connectivity index (χ2n) is 6.09. The van der Waals surface area contributed by atoms with Crippen LogP contribution in [-0.2, 0) is 4.79 Å². The van der Waals surface area contributed by atoms with Crippen molar-refractivity contribution < 1.29 is 4.79 Å². The van der Waals surface area contributed by atoms with Crippen LogP contribution in [0.3, 0.4) is 0 Å². The molecule has 1 aromatic rings. The molecule has 0 saturated heterocycles. The summed E-state index contributed by atoms with van der Waals surface area (Å²) in [6, 6.07) is 7.84. The van der Waals surface area contributed by atoms with Gasteiger partial charge in [0.15, 0.2) is 0 Å². The van der Waals surface area contributed by atoms with Crippen molar-refractivity contribution in [2.45, 2.75) is 44.1 Å². The third-order valence-electron chi connectivity index (χ3n) is 4.03. The van der Waals surface area contributed by atoms with Crippen molar-refractivity contribution in [2.75, 3.05) is 24.3 Å². The van der Waals surface area contributed by atoms with Gasteiger partial charge in [0.05, 0.1) is 0 Å². The highest BCUT2D eigenvalue weighted by Crippen LogP contribution is 2.29. The highest BCUT2D eigenvalue weighted by Gasteiger charge is 2.29. The van der Waals surface area contributed by atoms with E-state index in [9.17, 15) is 4.79 Å². The molecule has 0 bridgehead atoms. The number of hydrogen-bond donors (Lipinski definition) is 2. The fraction of sp³-hybridized carbons (Fsp3) is 0.562. The molecule has 1 aliphatic rings. The van der Waals surface area contributed by atoms with Gasteiger partial charge in [0, 0.05) is 37.4 Å². The minimum Gasteiger partial charge on any atom is -0.378 e. The van der Waals surface area contributed by atoms with Gasteiger partial charge in [-0.3, -0.25) is 4.79 Å². The van der Waals surface area contributed by atoms with Gasteiger partial charge in [0.1, 0.15) is 0 Å². The normalized spacial score (nSPS) is 17.6. The number of carbonyl (C=O) groups is 1. The van der Waals surface area contributed by atoms with Crippen LogP contribution in [0.25, 0.3) is 0 Å². The minimum absolute atomic E-state index is 0.0204. The van der Waals surface area contributed by atoms with Crippen molar-refractivity contribution in [3.05, 3.63) is 24.3 Å². The number of rotatable bonds is 4. The maximum absolute atomic E-state index is 12.1. The zero-order valence-corrected chi connectivity index (χ0v) is 12.5. The summed E-state index contributed by atoms with van der Waals surface area (Å²) >= 11 is 0. The van der Waals surface area contributed by atoms with E-state index < -0.39 is 0 Å². The predicted octanol–water partition coefficient (Wildman–Crippen LogP) is 2.74. The van der Waals surface area contributed by atoms with E-state index in [2.05, 4.69) is 5.32 Å². The number of anilines is 2. The Kier molecular flexibility index (Phi) is 4.65. The highest BCUT2D eigenvalue weighted by atomic mass is 16.1. The molecule has 2 rings (SSSR count). The minimum atomic E-state index is -0.300. The maximum Gasteiger partial charge on any atom is 0.226 e. The van der Waals surface area contributed by atoms with Crippen molar-refractivity contribution in [1.29, 1.82) is 0 Å². The fourth-order valence-electron chi connectivity index (χ4n) is 2.80. The van der Waals surface area contributed by atoms with E-state index in [4.69, 9.17) is 5.73 Å². The van der Waals surface area contributed by atoms with E-state index in [1.165, 1.54) is 6.42 Å². The molecule has 1 fully saturated rings. The van der Waals surface area contributed by atoms with Crippen LogP contribution >= 0.6 is 0 Å². The van der Waals surface area contributed by atoms with Crippen molar-refractivity contribution in [3.63, 3.8) is 0 Å². The summed E-state index contributed by atoms with van der Waals surface area (Å²) in [5.74, 6) is 0.0204. The third-order valence-corrected chi connectivity index (χ3v) is 4.03. The lowest BCUT2D eigenvalue weighted by atomic mass is 9.80. The number of carbonyl (C=O) groups excluding carboxylic acids is 1. The van der Waals surface area contributed by atoms with E-state index in [1.54, 1.807) is 0 Å². The average molecular weight is 275 g/mol. The van der Waals surface area contributed by atoms with Crippen LogP contribution in [0.5, 0.6) is 0 Å². The summed E-state index contributed by atoms with van der Waals surface area (Å²) in [6.07, 6.45) is 5.86. The Bertz CT molecular complexity index is 447. The lowest BCUT2D eigenvalue weighted by Gasteiger charge is -2.32. The van der Waals surface area contributed by atoms with Gasteiger partial charge in [-0.15, -0.1) is 0 Å².